The number of fused-ring (bicyclic) bond motifs is 1. The first-order valence-electron chi connectivity index (χ1n) is 11.4. The van der Waals surface area contributed by atoms with Crippen molar-refractivity contribution in [2.45, 2.75) is 12.7 Å². The molecule has 1 fully saturated rings. The molecule has 1 aliphatic rings. The molecule has 5 rings (SSSR count). The van der Waals surface area contributed by atoms with E-state index in [0.29, 0.717) is 29.3 Å². The Morgan fingerprint density at radius 1 is 1.11 bits per heavy atom. The van der Waals surface area contributed by atoms with Gasteiger partial charge in [0.2, 0.25) is 0 Å². The average molecular weight is 526 g/mol. The van der Waals surface area contributed by atoms with E-state index >= 15 is 0 Å². The van der Waals surface area contributed by atoms with Crippen LogP contribution in [0.3, 0.4) is 0 Å². The lowest BCUT2D eigenvalue weighted by molar-refractivity contribution is -0.138. The largest absolute Gasteiger partial charge is 0.416 e. The van der Waals surface area contributed by atoms with E-state index in [2.05, 4.69) is 37.0 Å². The van der Waals surface area contributed by atoms with Crippen molar-refractivity contribution in [3.63, 3.8) is 0 Å². The zero-order valence-corrected chi connectivity index (χ0v) is 20.6. The summed E-state index contributed by atoms with van der Waals surface area (Å²) in [5.74, 6) is 5.30. The first kappa shape index (κ1) is 24.9. The number of thiazole rings is 1. The molecule has 8 nitrogen and oxygen atoms in total. The molecule has 0 bridgehead atoms. The summed E-state index contributed by atoms with van der Waals surface area (Å²) in [5.41, 5.74) is 0.595. The fraction of sp³-hybridized carbons (Fsp3) is 0.280. The van der Waals surface area contributed by atoms with Crippen molar-refractivity contribution < 1.29 is 18.0 Å². The van der Waals surface area contributed by atoms with Gasteiger partial charge in [-0.15, -0.1) is 0 Å². The zero-order valence-electron chi connectivity index (χ0n) is 19.8. The summed E-state index contributed by atoms with van der Waals surface area (Å²) in [5, 5.41) is 2.82. The summed E-state index contributed by atoms with van der Waals surface area (Å²) >= 11 is 1.13. The van der Waals surface area contributed by atoms with Crippen LogP contribution in [-0.4, -0.2) is 68.3 Å². The molecule has 4 aromatic rings. The monoisotopic (exact) mass is 525 g/mol. The number of hydrogen-bond donors (Lipinski definition) is 1. The Morgan fingerprint density at radius 3 is 2.70 bits per heavy atom. The minimum Gasteiger partial charge on any atom is -0.304 e. The SMILES string of the molecule is CN1CCN(Cc2ccc(C(=O)Nc3ncc(C#Cc4cnc5cnccn45)s3)cc2C(F)(F)F)CC1. The van der Waals surface area contributed by atoms with Crippen LogP contribution in [0, 0.1) is 11.8 Å². The number of rotatable bonds is 4. The summed E-state index contributed by atoms with van der Waals surface area (Å²) in [6.07, 6.45) is 3.54. The van der Waals surface area contributed by atoms with Crippen molar-refractivity contribution in [2.75, 3.05) is 38.5 Å². The van der Waals surface area contributed by atoms with Crippen LogP contribution < -0.4 is 5.32 Å². The van der Waals surface area contributed by atoms with E-state index in [1.54, 1.807) is 29.2 Å². The molecule has 0 unspecified atom stereocenters. The van der Waals surface area contributed by atoms with Gasteiger partial charge in [-0.05, 0) is 36.6 Å². The number of amides is 1. The van der Waals surface area contributed by atoms with Crippen molar-refractivity contribution in [1.29, 1.82) is 0 Å². The highest BCUT2D eigenvalue weighted by Gasteiger charge is 2.34. The van der Waals surface area contributed by atoms with Gasteiger partial charge >= 0.3 is 6.18 Å². The van der Waals surface area contributed by atoms with E-state index in [0.717, 1.165) is 30.5 Å². The van der Waals surface area contributed by atoms with E-state index in [9.17, 15) is 18.0 Å². The molecular formula is C25H22F3N7OS. The number of imidazole rings is 1. The fourth-order valence-electron chi connectivity index (χ4n) is 3.99. The summed E-state index contributed by atoms with van der Waals surface area (Å²) in [6, 6.07) is 3.72. The summed E-state index contributed by atoms with van der Waals surface area (Å²) in [7, 11) is 1.99. The fourth-order valence-corrected chi connectivity index (χ4v) is 4.65. The van der Waals surface area contributed by atoms with Gasteiger partial charge in [0.05, 0.1) is 29.0 Å². The standard InChI is InChI=1S/C25H22F3N7OS/c1-33-8-10-34(11-9-33)16-18-3-2-17(12-21(18)25(26,27)28)23(36)32-24-31-14-20(37-24)5-4-19-13-30-22-15-29-6-7-35(19)22/h2-3,6-7,12-15H,8-11,16H2,1H3,(H,31,32,36). The van der Waals surface area contributed by atoms with Crippen molar-refractivity contribution in [1.82, 2.24) is 29.2 Å². The van der Waals surface area contributed by atoms with Gasteiger partial charge in [0.1, 0.15) is 5.69 Å². The van der Waals surface area contributed by atoms with E-state index in [1.165, 1.54) is 18.3 Å². The minimum absolute atomic E-state index is 0.0865. The normalized spacial score (nSPS) is 14.9. The third-order valence-electron chi connectivity index (χ3n) is 6.02. The third kappa shape index (κ3) is 5.80. The number of aromatic nitrogens is 4. The van der Waals surface area contributed by atoms with Gasteiger partial charge in [-0.3, -0.25) is 24.4 Å². The number of nitrogens with one attached hydrogen (secondary N) is 1. The molecule has 1 saturated heterocycles. The van der Waals surface area contributed by atoms with Gasteiger partial charge in [0.25, 0.3) is 5.91 Å². The first-order chi connectivity index (χ1) is 17.8. The predicted octanol–water partition coefficient (Wildman–Crippen LogP) is 3.60. The number of likely N-dealkylation sites (N-methyl/N-ethyl adjacent to an activating group) is 1. The summed E-state index contributed by atoms with van der Waals surface area (Å²) < 4.78 is 43.3. The van der Waals surface area contributed by atoms with Gasteiger partial charge in [-0.2, -0.15) is 13.2 Å². The van der Waals surface area contributed by atoms with Crippen LogP contribution in [0.2, 0.25) is 0 Å². The second-order valence-corrected chi connectivity index (χ2v) is 9.66. The van der Waals surface area contributed by atoms with Crippen molar-refractivity contribution in [3.05, 3.63) is 76.4 Å². The number of alkyl halides is 3. The van der Waals surface area contributed by atoms with Gasteiger partial charge in [0.15, 0.2) is 10.8 Å². The van der Waals surface area contributed by atoms with E-state index in [1.807, 2.05) is 11.9 Å². The number of nitrogens with zero attached hydrogens (tertiary/aromatic N) is 6. The van der Waals surface area contributed by atoms with Crippen LogP contribution in [-0.2, 0) is 12.7 Å². The Balaban J connectivity index is 1.29. The highest BCUT2D eigenvalue weighted by Crippen LogP contribution is 2.34. The van der Waals surface area contributed by atoms with Crippen molar-refractivity contribution >= 4 is 28.0 Å². The van der Waals surface area contributed by atoms with Gasteiger partial charge in [-0.25, -0.2) is 9.97 Å². The molecule has 4 heterocycles. The maximum absolute atomic E-state index is 13.8. The Labute approximate surface area is 214 Å². The number of carbonyl (C=O) groups is 1. The van der Waals surface area contributed by atoms with Crippen molar-refractivity contribution in [3.8, 4) is 11.8 Å². The second-order valence-electron chi connectivity index (χ2n) is 8.63. The molecule has 1 aromatic carbocycles. The highest BCUT2D eigenvalue weighted by atomic mass is 32.1. The predicted molar refractivity (Wildman–Crippen MR) is 133 cm³/mol. The Hall–Kier alpha value is -3.79. The molecule has 37 heavy (non-hydrogen) atoms. The molecule has 1 N–H and O–H groups in total. The lowest BCUT2D eigenvalue weighted by atomic mass is 10.0. The smallest absolute Gasteiger partial charge is 0.304 e. The molecule has 12 heteroatoms. The van der Waals surface area contributed by atoms with Gasteiger partial charge in [-0.1, -0.05) is 17.4 Å². The Bertz CT molecular complexity index is 1490. The number of benzene rings is 1. The third-order valence-corrected chi connectivity index (χ3v) is 6.85. The second kappa shape index (κ2) is 10.3. The number of piperazine rings is 1. The molecule has 0 radical (unpaired) electrons. The Kier molecular flexibility index (Phi) is 6.92. The lowest BCUT2D eigenvalue weighted by Crippen LogP contribution is -2.44. The Morgan fingerprint density at radius 2 is 1.92 bits per heavy atom. The van der Waals surface area contributed by atoms with Gasteiger partial charge in [0, 0.05) is 50.7 Å². The molecule has 0 aliphatic carbocycles. The molecule has 3 aromatic heterocycles. The quantitative estimate of drug-likeness (QED) is 0.411. The average Bonchev–Trinajstić information content (AvgIpc) is 3.50. The molecule has 1 aliphatic heterocycles. The summed E-state index contributed by atoms with van der Waals surface area (Å²) in [4.78, 5) is 29.8. The summed E-state index contributed by atoms with van der Waals surface area (Å²) in [6.45, 7) is 3.18. The number of anilines is 1. The number of halogens is 3. The van der Waals surface area contributed by atoms with Crippen LogP contribution in [0.5, 0.6) is 0 Å². The topological polar surface area (TPSA) is 78.7 Å². The van der Waals surface area contributed by atoms with Gasteiger partial charge < -0.3 is 4.90 Å². The number of hydrogen-bond acceptors (Lipinski definition) is 7. The minimum atomic E-state index is -4.57. The number of carbonyl (C=O) groups excluding carboxylic acids is 1. The molecule has 190 valence electrons. The zero-order chi connectivity index (χ0) is 26.0. The van der Waals surface area contributed by atoms with Crippen LogP contribution in [0.15, 0.2) is 49.2 Å². The molecule has 0 saturated carbocycles. The lowest BCUT2D eigenvalue weighted by Gasteiger charge is -2.33. The molecule has 1 amide bonds. The van der Waals surface area contributed by atoms with Crippen LogP contribution in [0.25, 0.3) is 5.65 Å². The van der Waals surface area contributed by atoms with Crippen LogP contribution in [0.1, 0.15) is 32.1 Å². The molecular weight excluding hydrogens is 503 g/mol. The van der Waals surface area contributed by atoms with Crippen LogP contribution in [0.4, 0.5) is 18.3 Å². The van der Waals surface area contributed by atoms with Crippen LogP contribution >= 0.6 is 11.3 Å². The van der Waals surface area contributed by atoms with Crippen molar-refractivity contribution in [2.24, 2.45) is 0 Å². The molecule has 0 spiro atoms. The molecule has 0 atom stereocenters. The van der Waals surface area contributed by atoms with E-state index < -0.39 is 17.6 Å². The highest BCUT2D eigenvalue weighted by molar-refractivity contribution is 7.16. The maximum atomic E-state index is 13.8. The first-order valence-corrected chi connectivity index (χ1v) is 12.3. The van der Waals surface area contributed by atoms with E-state index in [4.69, 9.17) is 0 Å². The maximum Gasteiger partial charge on any atom is 0.416 e. The van der Waals surface area contributed by atoms with E-state index in [-0.39, 0.29) is 22.8 Å².